The molecule has 2 atom stereocenters. The van der Waals surface area contributed by atoms with E-state index in [2.05, 4.69) is 83.1 Å². The molecule has 9 rings (SSSR count). The Morgan fingerprint density at radius 2 is 1.19 bits per heavy atom. The van der Waals surface area contributed by atoms with Gasteiger partial charge in [0.2, 0.25) is 0 Å². The predicted octanol–water partition coefficient (Wildman–Crippen LogP) is 8.12. The fourth-order valence-electron chi connectivity index (χ4n) is 7.58. The van der Waals surface area contributed by atoms with Gasteiger partial charge in [0.25, 0.3) is 0 Å². The first-order chi connectivity index (χ1) is 25.2. The van der Waals surface area contributed by atoms with E-state index in [1.54, 1.807) is 6.20 Å². The summed E-state index contributed by atoms with van der Waals surface area (Å²) in [5.74, 6) is 0. The van der Waals surface area contributed by atoms with Gasteiger partial charge in [-0.15, -0.1) is 0 Å². The Balaban J connectivity index is 0.000000141. The third kappa shape index (κ3) is 9.61. The van der Waals surface area contributed by atoms with Gasteiger partial charge in [-0.25, -0.2) is 14.3 Å². The summed E-state index contributed by atoms with van der Waals surface area (Å²) in [5.41, 5.74) is 7.82. The molecule has 0 amide bonds. The van der Waals surface area contributed by atoms with Crippen molar-refractivity contribution < 1.29 is 39.8 Å². The molecule has 4 aromatic heterocycles. The molecule has 2 aliphatic carbocycles. The first kappa shape index (κ1) is 40.5. The number of hydrogen-bond acceptors (Lipinski definition) is 8. The largest absolute Gasteiger partial charge is 0.514 e. The zero-order chi connectivity index (χ0) is 36.1. The van der Waals surface area contributed by atoms with Crippen molar-refractivity contribution in [2.75, 3.05) is 13.2 Å². The second kappa shape index (κ2) is 18.2. The Morgan fingerprint density at radius 1 is 0.642 bits per heavy atom. The first-order valence-corrected chi connectivity index (χ1v) is 20.3. The summed E-state index contributed by atoms with van der Waals surface area (Å²) in [4.78, 5) is 9.33. The number of aromatic nitrogens is 6. The Kier molecular flexibility index (Phi) is 13.9. The van der Waals surface area contributed by atoms with Crippen molar-refractivity contribution in [3.8, 4) is 11.4 Å². The minimum absolute atomic E-state index is 0. The maximum absolute atomic E-state index is 6.10. The molecule has 3 fully saturated rings. The fourth-order valence-corrected chi connectivity index (χ4v) is 7.92. The van der Waals surface area contributed by atoms with Crippen LogP contribution in [0.15, 0.2) is 53.4 Å². The Hall–Kier alpha value is -2.21. The van der Waals surface area contributed by atoms with Crippen LogP contribution in [0.4, 0.5) is 0 Å². The van der Waals surface area contributed by atoms with Crippen molar-refractivity contribution in [2.24, 2.45) is 0 Å². The summed E-state index contributed by atoms with van der Waals surface area (Å²) in [7, 11) is -0.381. The van der Waals surface area contributed by atoms with E-state index < -0.39 is 0 Å². The van der Waals surface area contributed by atoms with Crippen molar-refractivity contribution in [3.63, 3.8) is 0 Å². The van der Waals surface area contributed by atoms with E-state index in [1.807, 2.05) is 27.7 Å². The quantitative estimate of drug-likeness (QED) is 0.150. The smallest absolute Gasteiger partial charge is 0.398 e. The molecule has 7 heterocycles. The third-order valence-corrected chi connectivity index (χ3v) is 11.7. The van der Waals surface area contributed by atoms with Crippen molar-refractivity contribution >= 4 is 28.6 Å². The standard InChI is InChI=1S/C17H21N3O.C14H23BN2O3.C9H10BrN.W/c1-2-6-14-13(5-1)8-9-15(19-14)16-10-11-18-20(16)17-7-3-4-12-21-17;1-13(2)14(3,4)20-15(19-13)11-8-9-16-17(11)12-7-5-6-10-18-12;10-9-6-5-7-3-1-2-4-8(7)11-9;/h8-11,17H,1-7,12H2;8-9,12H,5-7,10H2,1-4H3;5-6H,1-4H2;. The van der Waals surface area contributed by atoms with Gasteiger partial charge in [0, 0.05) is 58.1 Å². The van der Waals surface area contributed by atoms with E-state index in [4.69, 9.17) is 23.8 Å². The molecule has 0 N–H and O–H groups in total. The molecule has 3 aliphatic heterocycles. The van der Waals surface area contributed by atoms with Crippen LogP contribution >= 0.6 is 15.9 Å². The minimum Gasteiger partial charge on any atom is -0.398 e. The monoisotopic (exact) mass is 956 g/mol. The zero-order valence-electron chi connectivity index (χ0n) is 31.8. The number of hydrogen-bond donors (Lipinski definition) is 0. The van der Waals surface area contributed by atoms with E-state index in [1.165, 1.54) is 73.9 Å². The number of ether oxygens (including phenoxy) is 2. The maximum Gasteiger partial charge on any atom is 0.514 e. The van der Waals surface area contributed by atoms with Gasteiger partial charge in [-0.2, -0.15) is 10.2 Å². The molecule has 284 valence electrons. The first-order valence-electron chi connectivity index (χ1n) is 19.5. The van der Waals surface area contributed by atoms with Crippen LogP contribution in [0.1, 0.15) is 127 Å². The van der Waals surface area contributed by atoms with Gasteiger partial charge in [0.05, 0.1) is 28.2 Å². The molecule has 4 aromatic rings. The van der Waals surface area contributed by atoms with Crippen molar-refractivity contribution in [2.45, 2.75) is 141 Å². The molecule has 5 aliphatic rings. The number of rotatable bonds is 4. The van der Waals surface area contributed by atoms with Crippen molar-refractivity contribution in [1.82, 2.24) is 29.5 Å². The summed E-state index contributed by atoms with van der Waals surface area (Å²) in [6.07, 6.45) is 20.3. The zero-order valence-corrected chi connectivity index (χ0v) is 36.3. The van der Waals surface area contributed by atoms with Gasteiger partial charge < -0.3 is 18.8 Å². The summed E-state index contributed by atoms with van der Waals surface area (Å²) >= 11 is 3.38. The third-order valence-electron chi connectivity index (χ3n) is 11.3. The van der Waals surface area contributed by atoms with Gasteiger partial charge in [-0.3, -0.25) is 4.98 Å². The molecule has 0 spiro atoms. The Bertz CT molecular complexity index is 1770. The molecule has 10 nitrogen and oxygen atoms in total. The van der Waals surface area contributed by atoms with Crippen LogP contribution in [0.5, 0.6) is 0 Å². The van der Waals surface area contributed by atoms with E-state index in [-0.39, 0.29) is 51.8 Å². The Labute approximate surface area is 338 Å². The summed E-state index contributed by atoms with van der Waals surface area (Å²) in [6.45, 7) is 9.88. The predicted molar refractivity (Wildman–Crippen MR) is 206 cm³/mol. The van der Waals surface area contributed by atoms with Gasteiger partial charge in [-0.1, -0.05) is 12.1 Å². The van der Waals surface area contributed by atoms with Crippen LogP contribution in [-0.2, 0) is 65.5 Å². The molecule has 0 bridgehead atoms. The van der Waals surface area contributed by atoms with Crippen LogP contribution in [0.2, 0.25) is 0 Å². The van der Waals surface area contributed by atoms with E-state index >= 15 is 0 Å². The van der Waals surface area contributed by atoms with Gasteiger partial charge in [0.1, 0.15) is 10.8 Å². The summed E-state index contributed by atoms with van der Waals surface area (Å²) in [5, 5.41) is 8.89. The number of fused-ring (bicyclic) bond motifs is 2. The topological polar surface area (TPSA) is 98.3 Å². The molecule has 53 heavy (non-hydrogen) atoms. The van der Waals surface area contributed by atoms with Gasteiger partial charge in [0.15, 0.2) is 6.23 Å². The average Bonchev–Trinajstić information content (AvgIpc) is 3.91. The molecule has 2 unspecified atom stereocenters. The number of nitrogens with zero attached hydrogens (tertiary/aromatic N) is 6. The van der Waals surface area contributed by atoms with E-state index in [9.17, 15) is 0 Å². The van der Waals surface area contributed by atoms with Gasteiger partial charge in [-0.05, 0) is 169 Å². The molecule has 0 saturated carbocycles. The second-order valence-corrected chi connectivity index (χ2v) is 16.4. The van der Waals surface area contributed by atoms with Crippen LogP contribution in [-0.4, -0.2) is 61.1 Å². The van der Waals surface area contributed by atoms with Gasteiger partial charge >= 0.3 is 7.12 Å². The molecule has 0 aromatic carbocycles. The van der Waals surface area contributed by atoms with Crippen molar-refractivity contribution in [1.29, 1.82) is 0 Å². The summed E-state index contributed by atoms with van der Waals surface area (Å²) in [6, 6.07) is 12.6. The molecular formula is C40H54BBrN6O4W. The second-order valence-electron chi connectivity index (χ2n) is 15.5. The normalized spacial score (nSPS) is 22.9. The molecule has 3 saturated heterocycles. The summed E-state index contributed by atoms with van der Waals surface area (Å²) < 4.78 is 28.8. The molecular weight excluding hydrogens is 903 g/mol. The minimum atomic E-state index is -0.381. The molecule has 13 heteroatoms. The number of pyridine rings is 2. The number of aryl methyl sites for hydroxylation is 4. The fraction of sp³-hybridized carbons (Fsp3) is 0.600. The van der Waals surface area contributed by atoms with E-state index in [0.717, 1.165) is 73.3 Å². The van der Waals surface area contributed by atoms with Crippen LogP contribution in [0, 0.1) is 0 Å². The number of halogens is 1. The van der Waals surface area contributed by atoms with Crippen LogP contribution in [0.3, 0.4) is 0 Å². The SMILES string of the molecule is Brc1ccc2c(n1)CCCC2.CC1(C)OB(c2ccnn2C2CCCCO2)OC1(C)C.[W].c1cc(-c2ccc3c(n2)CCCC3)n(C2CCCCO2)n1. The van der Waals surface area contributed by atoms with E-state index in [0.29, 0.717) is 0 Å². The Morgan fingerprint density at radius 3 is 1.81 bits per heavy atom. The van der Waals surface area contributed by atoms with Crippen molar-refractivity contribution in [3.05, 3.63) is 75.9 Å². The van der Waals surface area contributed by atoms with Crippen LogP contribution in [0.25, 0.3) is 11.4 Å². The average molecular weight is 957 g/mol. The maximum atomic E-state index is 6.10. The molecule has 0 radical (unpaired) electrons. The van der Waals surface area contributed by atoms with Crippen LogP contribution < -0.4 is 5.59 Å².